The second-order valence-electron chi connectivity index (χ2n) is 4.63. The smallest absolute Gasteiger partial charge is 0.159 e. The normalized spacial score (nSPS) is 10.3. The van der Waals surface area contributed by atoms with E-state index in [4.69, 9.17) is 5.26 Å². The number of aromatic nitrogens is 2. The Bertz CT molecular complexity index is 568. The summed E-state index contributed by atoms with van der Waals surface area (Å²) < 4.78 is 0. The van der Waals surface area contributed by atoms with Crippen molar-refractivity contribution in [3.05, 3.63) is 47.8 Å². The highest BCUT2D eigenvalue weighted by atomic mass is 14.9. The number of nitriles is 1. The molecule has 0 saturated carbocycles. The van der Waals surface area contributed by atoms with Crippen LogP contribution in [0.2, 0.25) is 0 Å². The second kappa shape index (κ2) is 5.42. The Morgan fingerprint density at radius 1 is 1.22 bits per heavy atom. The summed E-state index contributed by atoms with van der Waals surface area (Å²) in [7, 11) is 0. The minimum atomic E-state index is 0.468. The Kier molecular flexibility index (Phi) is 3.69. The first kappa shape index (κ1) is 12.3. The molecule has 0 amide bonds. The quantitative estimate of drug-likeness (QED) is 0.823. The first-order chi connectivity index (χ1) is 8.70. The van der Waals surface area contributed by atoms with Crippen LogP contribution in [0.5, 0.6) is 0 Å². The van der Waals surface area contributed by atoms with Crippen molar-refractivity contribution in [3.8, 4) is 17.5 Å². The Morgan fingerprint density at radius 2 is 1.94 bits per heavy atom. The van der Waals surface area contributed by atoms with Gasteiger partial charge in [-0.25, -0.2) is 9.97 Å². The largest absolute Gasteiger partial charge is 0.235 e. The van der Waals surface area contributed by atoms with Gasteiger partial charge in [-0.15, -0.1) is 0 Å². The summed E-state index contributed by atoms with van der Waals surface area (Å²) in [5.41, 5.74) is 2.39. The molecule has 0 aliphatic heterocycles. The van der Waals surface area contributed by atoms with E-state index in [-0.39, 0.29) is 0 Å². The van der Waals surface area contributed by atoms with Crippen molar-refractivity contribution in [3.63, 3.8) is 0 Å². The molecule has 0 N–H and O–H groups in total. The lowest BCUT2D eigenvalue weighted by Gasteiger charge is -2.08. The van der Waals surface area contributed by atoms with Gasteiger partial charge >= 0.3 is 0 Å². The molecule has 0 aliphatic rings. The van der Waals surface area contributed by atoms with Crippen LogP contribution in [0.15, 0.2) is 36.5 Å². The lowest BCUT2D eigenvalue weighted by atomic mass is 10.0. The minimum absolute atomic E-state index is 0.468. The molecule has 18 heavy (non-hydrogen) atoms. The molecule has 1 aromatic carbocycles. The van der Waals surface area contributed by atoms with Crippen LogP contribution < -0.4 is 0 Å². The van der Waals surface area contributed by atoms with Crippen LogP contribution in [0.1, 0.15) is 25.1 Å². The summed E-state index contributed by atoms with van der Waals surface area (Å²) in [5.74, 6) is 1.15. The molecule has 2 aromatic rings. The van der Waals surface area contributed by atoms with Gasteiger partial charge in [0.15, 0.2) is 5.82 Å². The lowest BCUT2D eigenvalue weighted by Crippen LogP contribution is -2.03. The van der Waals surface area contributed by atoms with Gasteiger partial charge in [0.2, 0.25) is 0 Å². The topological polar surface area (TPSA) is 49.6 Å². The van der Waals surface area contributed by atoms with Gasteiger partial charge in [0, 0.05) is 11.8 Å². The van der Waals surface area contributed by atoms with Crippen LogP contribution in [0.4, 0.5) is 0 Å². The Hall–Kier alpha value is -2.21. The highest BCUT2D eigenvalue weighted by Crippen LogP contribution is 2.17. The Balaban J connectivity index is 2.43. The van der Waals surface area contributed by atoms with Gasteiger partial charge < -0.3 is 0 Å². The number of hydrogen-bond donors (Lipinski definition) is 0. The van der Waals surface area contributed by atoms with Crippen LogP contribution in [0.25, 0.3) is 11.4 Å². The van der Waals surface area contributed by atoms with Crippen molar-refractivity contribution in [2.24, 2.45) is 5.92 Å². The van der Waals surface area contributed by atoms with E-state index < -0.39 is 0 Å². The summed E-state index contributed by atoms with van der Waals surface area (Å²) in [4.78, 5) is 8.77. The highest BCUT2D eigenvalue weighted by molar-refractivity contribution is 5.55. The maximum absolute atomic E-state index is 9.06. The lowest BCUT2D eigenvalue weighted by molar-refractivity contribution is 0.633. The summed E-state index contributed by atoms with van der Waals surface area (Å²) in [6, 6.07) is 12.0. The molecule has 0 radical (unpaired) electrons. The van der Waals surface area contributed by atoms with Crippen molar-refractivity contribution in [2.45, 2.75) is 20.3 Å². The van der Waals surface area contributed by atoms with E-state index in [2.05, 4.69) is 29.9 Å². The molecular weight excluding hydrogens is 222 g/mol. The van der Waals surface area contributed by atoms with Gasteiger partial charge in [-0.05, 0) is 12.3 Å². The molecule has 1 heterocycles. The van der Waals surface area contributed by atoms with E-state index in [0.29, 0.717) is 17.3 Å². The Labute approximate surface area is 107 Å². The van der Waals surface area contributed by atoms with Crippen molar-refractivity contribution in [1.82, 2.24) is 9.97 Å². The molecule has 0 spiro atoms. The third kappa shape index (κ3) is 2.72. The fourth-order valence-electron chi connectivity index (χ4n) is 1.78. The van der Waals surface area contributed by atoms with E-state index in [9.17, 15) is 0 Å². The zero-order chi connectivity index (χ0) is 13.0. The van der Waals surface area contributed by atoms with Crippen LogP contribution in [0, 0.1) is 17.2 Å². The average Bonchev–Trinajstić information content (AvgIpc) is 2.39. The monoisotopic (exact) mass is 237 g/mol. The van der Waals surface area contributed by atoms with Gasteiger partial charge in [-0.3, -0.25) is 0 Å². The molecule has 0 unspecified atom stereocenters. The molecule has 2 rings (SSSR count). The van der Waals surface area contributed by atoms with E-state index >= 15 is 0 Å². The molecule has 90 valence electrons. The number of rotatable bonds is 3. The van der Waals surface area contributed by atoms with E-state index in [0.717, 1.165) is 17.7 Å². The molecule has 0 aliphatic carbocycles. The molecule has 0 saturated heterocycles. The van der Waals surface area contributed by atoms with E-state index in [1.54, 1.807) is 6.20 Å². The van der Waals surface area contributed by atoms with Crippen molar-refractivity contribution < 1.29 is 0 Å². The Morgan fingerprint density at radius 3 is 2.56 bits per heavy atom. The summed E-state index contributed by atoms with van der Waals surface area (Å²) in [6.07, 6.45) is 2.41. The molecule has 0 atom stereocenters. The molecule has 3 nitrogen and oxygen atoms in total. The molecule has 1 aromatic heterocycles. The fourth-order valence-corrected chi connectivity index (χ4v) is 1.78. The van der Waals surface area contributed by atoms with Crippen LogP contribution in [0.3, 0.4) is 0 Å². The summed E-state index contributed by atoms with van der Waals surface area (Å²) >= 11 is 0. The van der Waals surface area contributed by atoms with Gasteiger partial charge in [0.05, 0.1) is 11.3 Å². The summed E-state index contributed by atoms with van der Waals surface area (Å²) in [6.45, 7) is 4.23. The number of hydrogen-bond acceptors (Lipinski definition) is 3. The van der Waals surface area contributed by atoms with Crippen molar-refractivity contribution in [1.29, 1.82) is 5.26 Å². The molecule has 3 heteroatoms. The predicted molar refractivity (Wildman–Crippen MR) is 70.7 cm³/mol. The standard InChI is InChI=1S/C15H15N3/c1-11(2)8-14-13(9-16)10-17-15(18-14)12-6-4-3-5-7-12/h3-7,10-11H,8H2,1-2H3. The first-order valence-corrected chi connectivity index (χ1v) is 6.02. The van der Waals surface area contributed by atoms with Crippen LogP contribution in [-0.4, -0.2) is 9.97 Å². The summed E-state index contributed by atoms with van der Waals surface area (Å²) in [5, 5.41) is 9.06. The zero-order valence-corrected chi connectivity index (χ0v) is 10.6. The number of benzene rings is 1. The van der Waals surface area contributed by atoms with E-state index in [1.807, 2.05) is 30.3 Å². The van der Waals surface area contributed by atoms with Gasteiger partial charge in [-0.2, -0.15) is 5.26 Å². The fraction of sp³-hybridized carbons (Fsp3) is 0.267. The average molecular weight is 237 g/mol. The SMILES string of the molecule is CC(C)Cc1nc(-c2ccccc2)ncc1C#N. The van der Waals surface area contributed by atoms with Crippen molar-refractivity contribution in [2.75, 3.05) is 0 Å². The first-order valence-electron chi connectivity index (χ1n) is 6.02. The maximum atomic E-state index is 9.06. The van der Waals surface area contributed by atoms with Gasteiger partial charge in [0.1, 0.15) is 6.07 Å². The predicted octanol–water partition coefficient (Wildman–Crippen LogP) is 3.21. The third-order valence-electron chi connectivity index (χ3n) is 2.62. The maximum Gasteiger partial charge on any atom is 0.159 e. The highest BCUT2D eigenvalue weighted by Gasteiger charge is 2.09. The van der Waals surface area contributed by atoms with Crippen LogP contribution in [-0.2, 0) is 6.42 Å². The molecular formula is C15H15N3. The third-order valence-corrected chi connectivity index (χ3v) is 2.62. The second-order valence-corrected chi connectivity index (χ2v) is 4.63. The minimum Gasteiger partial charge on any atom is -0.235 e. The van der Waals surface area contributed by atoms with Gasteiger partial charge in [-0.1, -0.05) is 44.2 Å². The molecule has 0 bridgehead atoms. The van der Waals surface area contributed by atoms with E-state index in [1.165, 1.54) is 0 Å². The molecule has 0 fully saturated rings. The van der Waals surface area contributed by atoms with Gasteiger partial charge in [0.25, 0.3) is 0 Å². The number of nitrogens with zero attached hydrogens (tertiary/aromatic N) is 3. The van der Waals surface area contributed by atoms with Crippen molar-refractivity contribution >= 4 is 0 Å². The van der Waals surface area contributed by atoms with Crippen LogP contribution >= 0.6 is 0 Å². The zero-order valence-electron chi connectivity index (χ0n) is 10.6.